The highest BCUT2D eigenvalue weighted by Crippen LogP contribution is 2.45. The highest BCUT2D eigenvalue weighted by molar-refractivity contribution is 7.21. The van der Waals surface area contributed by atoms with E-state index in [1.165, 1.54) is 33.3 Å². The number of hydrogen-bond donors (Lipinski definition) is 1. The molecule has 0 aromatic carbocycles. The van der Waals surface area contributed by atoms with Gasteiger partial charge in [0.25, 0.3) is 0 Å². The summed E-state index contributed by atoms with van der Waals surface area (Å²) in [6.45, 7) is 8.04. The third-order valence-corrected chi connectivity index (χ3v) is 6.07. The molecule has 0 amide bonds. The van der Waals surface area contributed by atoms with Gasteiger partial charge in [0, 0.05) is 10.9 Å². The van der Waals surface area contributed by atoms with E-state index in [0.717, 1.165) is 13.0 Å². The zero-order valence-corrected chi connectivity index (χ0v) is 14.0. The Bertz CT molecular complexity index is 569. The number of thiophene rings is 1. The first kappa shape index (κ1) is 14.2. The monoisotopic (exact) mass is 306 g/mol. The molecule has 108 valence electrons. The lowest BCUT2D eigenvalue weighted by Gasteiger charge is -2.34. The molecule has 0 saturated heterocycles. The van der Waals surface area contributed by atoms with Gasteiger partial charge in [0.1, 0.15) is 5.01 Å². The molecule has 0 bridgehead atoms. The topological polar surface area (TPSA) is 24.9 Å². The summed E-state index contributed by atoms with van der Waals surface area (Å²) in [5, 5.41) is 7.05. The highest BCUT2D eigenvalue weighted by Gasteiger charge is 2.34. The maximum absolute atomic E-state index is 4.94. The molecule has 1 aliphatic carbocycles. The van der Waals surface area contributed by atoms with Gasteiger partial charge in [-0.1, -0.05) is 26.8 Å². The maximum atomic E-state index is 4.94. The number of aromatic nitrogens is 1. The van der Waals surface area contributed by atoms with Gasteiger partial charge in [-0.05, 0) is 42.7 Å². The van der Waals surface area contributed by atoms with E-state index < -0.39 is 0 Å². The largest absolute Gasteiger partial charge is 0.309 e. The molecular formula is C16H22N2S2. The number of fused-ring (bicyclic) bond motifs is 1. The molecule has 0 fully saturated rings. The van der Waals surface area contributed by atoms with Crippen LogP contribution < -0.4 is 5.32 Å². The van der Waals surface area contributed by atoms with Gasteiger partial charge >= 0.3 is 0 Å². The molecule has 0 spiro atoms. The van der Waals surface area contributed by atoms with E-state index in [4.69, 9.17) is 4.98 Å². The normalized spacial score (nSPS) is 20.9. The Morgan fingerprint density at radius 2 is 2.30 bits per heavy atom. The molecule has 20 heavy (non-hydrogen) atoms. The molecule has 3 rings (SSSR count). The third-order valence-electron chi connectivity index (χ3n) is 3.82. The summed E-state index contributed by atoms with van der Waals surface area (Å²) in [4.78, 5) is 7.71. The maximum Gasteiger partial charge on any atom is 0.133 e. The Hall–Kier alpha value is -0.710. The van der Waals surface area contributed by atoms with Crippen LogP contribution >= 0.6 is 22.7 Å². The lowest BCUT2D eigenvalue weighted by molar-refractivity contribution is 0.258. The van der Waals surface area contributed by atoms with Crippen molar-refractivity contribution >= 4 is 22.7 Å². The number of rotatable bonds is 4. The predicted octanol–water partition coefficient (Wildman–Crippen LogP) is 4.88. The van der Waals surface area contributed by atoms with Crippen LogP contribution in [0.1, 0.15) is 50.2 Å². The molecule has 0 saturated carbocycles. The van der Waals surface area contributed by atoms with Crippen molar-refractivity contribution in [1.82, 2.24) is 10.3 Å². The second-order valence-corrected chi connectivity index (χ2v) is 8.34. The van der Waals surface area contributed by atoms with Gasteiger partial charge in [-0.25, -0.2) is 4.98 Å². The van der Waals surface area contributed by atoms with Crippen LogP contribution in [0.25, 0.3) is 9.88 Å². The van der Waals surface area contributed by atoms with E-state index in [2.05, 4.69) is 43.6 Å². The molecule has 1 aliphatic rings. The molecule has 2 heterocycles. The molecule has 0 radical (unpaired) electrons. The van der Waals surface area contributed by atoms with Crippen LogP contribution in [0.2, 0.25) is 0 Å². The third kappa shape index (κ3) is 2.83. The van der Waals surface area contributed by atoms with Crippen LogP contribution in [0.5, 0.6) is 0 Å². The lowest BCUT2D eigenvalue weighted by atomic mass is 9.76. The summed E-state index contributed by atoms with van der Waals surface area (Å²) in [7, 11) is 0. The molecule has 1 atom stereocenters. The lowest BCUT2D eigenvalue weighted by Crippen LogP contribution is -2.33. The van der Waals surface area contributed by atoms with Crippen molar-refractivity contribution in [2.45, 2.75) is 46.1 Å². The van der Waals surface area contributed by atoms with Crippen LogP contribution in [0.4, 0.5) is 0 Å². The van der Waals surface area contributed by atoms with Crippen LogP contribution in [0.15, 0.2) is 17.5 Å². The Labute approximate surface area is 129 Å². The molecule has 2 aromatic rings. The Kier molecular flexibility index (Phi) is 3.98. The number of nitrogens with one attached hydrogen (secondary N) is 1. The first-order valence-corrected chi connectivity index (χ1v) is 9.05. The van der Waals surface area contributed by atoms with E-state index >= 15 is 0 Å². The fraction of sp³-hybridized carbons (Fsp3) is 0.562. The van der Waals surface area contributed by atoms with Crippen molar-refractivity contribution in [3.8, 4) is 9.88 Å². The van der Waals surface area contributed by atoms with Gasteiger partial charge in [-0.2, -0.15) is 0 Å². The van der Waals surface area contributed by atoms with Crippen LogP contribution in [-0.2, 0) is 6.42 Å². The van der Waals surface area contributed by atoms with Crippen molar-refractivity contribution < 1.29 is 0 Å². The number of nitrogens with zero attached hydrogens (tertiary/aromatic N) is 1. The van der Waals surface area contributed by atoms with Gasteiger partial charge in [-0.15, -0.1) is 22.7 Å². The second kappa shape index (κ2) is 5.58. The zero-order valence-electron chi connectivity index (χ0n) is 12.4. The Morgan fingerprint density at radius 1 is 1.45 bits per heavy atom. The molecule has 1 unspecified atom stereocenters. The SMILES string of the molecule is CCCNC1CC(C)(C)Cc2nc(-c3cccs3)sc21. The highest BCUT2D eigenvalue weighted by atomic mass is 32.1. The zero-order chi connectivity index (χ0) is 14.2. The molecule has 4 heteroatoms. The van der Waals surface area contributed by atoms with Crippen molar-refractivity contribution in [1.29, 1.82) is 0 Å². The smallest absolute Gasteiger partial charge is 0.133 e. The Balaban J connectivity index is 1.94. The quantitative estimate of drug-likeness (QED) is 0.870. The van der Waals surface area contributed by atoms with Crippen molar-refractivity contribution in [3.63, 3.8) is 0 Å². The van der Waals surface area contributed by atoms with Crippen molar-refractivity contribution in [2.24, 2.45) is 5.41 Å². The standard InChI is InChI=1S/C16H22N2S2/c1-4-7-17-11-9-16(2,3)10-12-14(11)20-15(18-12)13-6-5-8-19-13/h5-6,8,11,17H,4,7,9-10H2,1-3H3. The summed E-state index contributed by atoms with van der Waals surface area (Å²) in [6, 6.07) is 4.77. The average molecular weight is 306 g/mol. The predicted molar refractivity (Wildman–Crippen MR) is 88.6 cm³/mol. The van der Waals surface area contributed by atoms with Crippen molar-refractivity contribution in [2.75, 3.05) is 6.54 Å². The minimum Gasteiger partial charge on any atom is -0.309 e. The summed E-state index contributed by atoms with van der Waals surface area (Å²) < 4.78 is 0. The fourth-order valence-electron chi connectivity index (χ4n) is 2.92. The Morgan fingerprint density at radius 3 is 3.00 bits per heavy atom. The van der Waals surface area contributed by atoms with Gasteiger partial charge < -0.3 is 5.32 Å². The summed E-state index contributed by atoms with van der Waals surface area (Å²) >= 11 is 3.68. The van der Waals surface area contributed by atoms with E-state index in [1.54, 1.807) is 11.3 Å². The van der Waals surface area contributed by atoms with E-state index in [0.29, 0.717) is 11.5 Å². The first-order chi connectivity index (χ1) is 9.59. The van der Waals surface area contributed by atoms with Gasteiger partial charge in [0.2, 0.25) is 0 Å². The molecule has 2 nitrogen and oxygen atoms in total. The average Bonchev–Trinajstić information content (AvgIpc) is 3.02. The number of hydrogen-bond acceptors (Lipinski definition) is 4. The first-order valence-electron chi connectivity index (χ1n) is 7.36. The van der Waals surface area contributed by atoms with Crippen molar-refractivity contribution in [3.05, 3.63) is 28.1 Å². The minimum atomic E-state index is 0.346. The minimum absolute atomic E-state index is 0.346. The second-order valence-electron chi connectivity index (χ2n) is 6.36. The van der Waals surface area contributed by atoms with Gasteiger partial charge in [0.15, 0.2) is 0 Å². The van der Waals surface area contributed by atoms with E-state index in [-0.39, 0.29) is 0 Å². The van der Waals surface area contributed by atoms with Crippen LogP contribution in [0, 0.1) is 5.41 Å². The van der Waals surface area contributed by atoms with E-state index in [1.807, 2.05) is 11.3 Å². The van der Waals surface area contributed by atoms with Crippen LogP contribution in [-0.4, -0.2) is 11.5 Å². The number of thiazole rings is 1. The van der Waals surface area contributed by atoms with Gasteiger partial charge in [0.05, 0.1) is 10.6 Å². The summed E-state index contributed by atoms with van der Waals surface area (Å²) in [5.74, 6) is 0. The van der Waals surface area contributed by atoms with Gasteiger partial charge in [-0.3, -0.25) is 0 Å². The van der Waals surface area contributed by atoms with E-state index in [9.17, 15) is 0 Å². The fourth-order valence-corrected chi connectivity index (χ4v) is 4.88. The summed E-state index contributed by atoms with van der Waals surface area (Å²) in [6.07, 6.45) is 3.50. The molecular weight excluding hydrogens is 284 g/mol. The summed E-state index contributed by atoms with van der Waals surface area (Å²) in [5.41, 5.74) is 1.67. The molecule has 2 aromatic heterocycles. The molecule has 0 aliphatic heterocycles. The molecule has 1 N–H and O–H groups in total. The van der Waals surface area contributed by atoms with Crippen LogP contribution in [0.3, 0.4) is 0 Å².